The highest BCUT2D eigenvalue weighted by Crippen LogP contribution is 1.92. The second-order valence-electron chi connectivity index (χ2n) is 1.94. The molecule has 0 unspecified atom stereocenters. The molecule has 0 heterocycles. The first-order chi connectivity index (χ1) is 5.31. The van der Waals surface area contributed by atoms with Gasteiger partial charge < -0.3 is 0 Å². The van der Waals surface area contributed by atoms with Crippen molar-refractivity contribution in [2.24, 2.45) is 5.84 Å². The van der Waals surface area contributed by atoms with Crippen LogP contribution in [0.15, 0.2) is 30.3 Å². The molecule has 0 aliphatic rings. The normalized spacial score (nSPS) is 7.45. The van der Waals surface area contributed by atoms with Crippen LogP contribution in [0.1, 0.15) is 5.56 Å². The highest BCUT2D eigenvalue weighted by Gasteiger charge is 1.72. The second kappa shape index (κ2) is 6.77. The van der Waals surface area contributed by atoms with Crippen LogP contribution in [0.2, 0.25) is 0 Å². The molecule has 1 aromatic carbocycles. The van der Waals surface area contributed by atoms with E-state index in [-0.39, 0.29) is 0 Å². The van der Waals surface area contributed by atoms with Crippen LogP contribution in [0.4, 0.5) is 0 Å². The predicted octanol–water partition coefficient (Wildman–Crippen LogP) is 0.601. The Bertz CT molecular complexity index is 187. The Labute approximate surface area is 66.2 Å². The van der Waals surface area contributed by atoms with E-state index in [0.717, 1.165) is 0 Å². The van der Waals surface area contributed by atoms with Crippen LogP contribution in [0.3, 0.4) is 0 Å². The number of nitrogens with two attached hydrogens (primary N) is 1. The Balaban J connectivity index is 0.000000218. The van der Waals surface area contributed by atoms with E-state index in [1.807, 2.05) is 18.2 Å². The Morgan fingerprint density at radius 2 is 1.82 bits per heavy atom. The number of nitrogens with one attached hydrogen (secondary N) is 1. The number of hydrazine groups is 1. The van der Waals surface area contributed by atoms with Crippen LogP contribution < -0.4 is 11.3 Å². The van der Waals surface area contributed by atoms with Crippen molar-refractivity contribution in [3.8, 4) is 0 Å². The summed E-state index contributed by atoms with van der Waals surface area (Å²) in [5, 5.41) is 0. The lowest BCUT2D eigenvalue weighted by molar-refractivity contribution is -0.109. The molecule has 0 spiro atoms. The van der Waals surface area contributed by atoms with Crippen molar-refractivity contribution in [2.45, 2.75) is 6.92 Å². The SMILES string of the molecule is Cc1ccccc1.NNC=O. The van der Waals surface area contributed by atoms with Crippen LogP contribution in [0.5, 0.6) is 0 Å². The van der Waals surface area contributed by atoms with Crippen molar-refractivity contribution in [2.75, 3.05) is 0 Å². The molecule has 11 heavy (non-hydrogen) atoms. The minimum absolute atomic E-state index is 0.403. The van der Waals surface area contributed by atoms with Gasteiger partial charge in [-0.15, -0.1) is 0 Å². The molecule has 0 aromatic heterocycles. The molecule has 0 aliphatic carbocycles. The van der Waals surface area contributed by atoms with E-state index in [0.29, 0.717) is 6.41 Å². The van der Waals surface area contributed by atoms with Gasteiger partial charge in [-0.1, -0.05) is 35.9 Å². The van der Waals surface area contributed by atoms with E-state index in [2.05, 4.69) is 24.9 Å². The molecular weight excluding hydrogens is 140 g/mol. The molecule has 3 N–H and O–H groups in total. The molecule has 3 nitrogen and oxygen atoms in total. The molecule has 0 saturated heterocycles. The summed E-state index contributed by atoms with van der Waals surface area (Å²) in [6, 6.07) is 10.3. The summed E-state index contributed by atoms with van der Waals surface area (Å²) < 4.78 is 0. The molecule has 0 bridgehead atoms. The number of amides is 1. The van der Waals surface area contributed by atoms with Gasteiger partial charge in [-0.05, 0) is 6.92 Å². The molecule has 60 valence electrons. The van der Waals surface area contributed by atoms with E-state index < -0.39 is 0 Å². The Morgan fingerprint density at radius 3 is 2.00 bits per heavy atom. The van der Waals surface area contributed by atoms with Gasteiger partial charge in [0, 0.05) is 0 Å². The van der Waals surface area contributed by atoms with Crippen molar-refractivity contribution in [1.82, 2.24) is 5.43 Å². The smallest absolute Gasteiger partial charge is 0.221 e. The Morgan fingerprint density at radius 1 is 1.36 bits per heavy atom. The monoisotopic (exact) mass is 152 g/mol. The van der Waals surface area contributed by atoms with Crippen molar-refractivity contribution in [3.63, 3.8) is 0 Å². The van der Waals surface area contributed by atoms with Crippen molar-refractivity contribution in [1.29, 1.82) is 0 Å². The predicted molar refractivity (Wildman–Crippen MR) is 44.6 cm³/mol. The van der Waals surface area contributed by atoms with E-state index in [4.69, 9.17) is 4.79 Å². The Hall–Kier alpha value is -1.35. The van der Waals surface area contributed by atoms with Gasteiger partial charge in [0.2, 0.25) is 6.41 Å². The summed E-state index contributed by atoms with van der Waals surface area (Å²) in [6.07, 6.45) is 0.403. The molecule has 0 aliphatic heterocycles. The van der Waals surface area contributed by atoms with Crippen LogP contribution in [0.25, 0.3) is 0 Å². The average molecular weight is 152 g/mol. The third kappa shape index (κ3) is 6.54. The number of hydrogen-bond acceptors (Lipinski definition) is 2. The number of carbonyl (C=O) groups is 1. The van der Waals surface area contributed by atoms with Crippen molar-refractivity contribution >= 4 is 6.41 Å². The van der Waals surface area contributed by atoms with Gasteiger partial charge in [0.05, 0.1) is 0 Å². The Kier molecular flexibility index (Phi) is 5.94. The molecule has 0 atom stereocenters. The fraction of sp³-hybridized carbons (Fsp3) is 0.125. The number of hydrogen-bond donors (Lipinski definition) is 2. The van der Waals surface area contributed by atoms with Crippen LogP contribution in [-0.4, -0.2) is 6.41 Å². The number of aryl methyl sites for hydroxylation is 1. The summed E-state index contributed by atoms with van der Waals surface area (Å²) in [6.45, 7) is 2.08. The zero-order valence-corrected chi connectivity index (χ0v) is 6.45. The van der Waals surface area contributed by atoms with Crippen LogP contribution in [0, 0.1) is 6.92 Å². The maximum atomic E-state index is 8.94. The first kappa shape index (κ1) is 9.65. The fourth-order valence-corrected chi connectivity index (χ4v) is 0.534. The third-order valence-corrected chi connectivity index (χ3v) is 1.01. The molecule has 1 rings (SSSR count). The summed E-state index contributed by atoms with van der Waals surface area (Å²) >= 11 is 0. The van der Waals surface area contributed by atoms with Gasteiger partial charge in [0.25, 0.3) is 0 Å². The van der Waals surface area contributed by atoms with Gasteiger partial charge in [0.1, 0.15) is 0 Å². The molecule has 0 fully saturated rings. The summed E-state index contributed by atoms with van der Waals surface area (Å²) in [7, 11) is 0. The van der Waals surface area contributed by atoms with Gasteiger partial charge >= 0.3 is 0 Å². The maximum absolute atomic E-state index is 8.94. The average Bonchev–Trinajstić information content (AvgIpc) is 2.07. The molecular formula is C8H12N2O. The molecule has 3 heteroatoms. The molecule has 1 aromatic rings. The lowest BCUT2D eigenvalue weighted by Crippen LogP contribution is -2.18. The van der Waals surface area contributed by atoms with Crippen molar-refractivity contribution < 1.29 is 4.79 Å². The van der Waals surface area contributed by atoms with Gasteiger partial charge in [-0.25, -0.2) is 5.84 Å². The highest BCUT2D eigenvalue weighted by atomic mass is 16.1. The minimum atomic E-state index is 0.403. The van der Waals surface area contributed by atoms with Gasteiger partial charge in [-0.3, -0.25) is 10.2 Å². The van der Waals surface area contributed by atoms with Gasteiger partial charge in [-0.2, -0.15) is 0 Å². The van der Waals surface area contributed by atoms with Crippen LogP contribution >= 0.6 is 0 Å². The molecule has 0 radical (unpaired) electrons. The summed E-state index contributed by atoms with van der Waals surface area (Å²) in [4.78, 5) is 8.94. The number of rotatable bonds is 1. The van der Waals surface area contributed by atoms with E-state index in [1.54, 1.807) is 5.43 Å². The highest BCUT2D eigenvalue weighted by molar-refractivity contribution is 5.44. The van der Waals surface area contributed by atoms with Crippen LogP contribution in [-0.2, 0) is 4.79 Å². The quantitative estimate of drug-likeness (QED) is 0.268. The molecule has 1 amide bonds. The first-order valence-electron chi connectivity index (χ1n) is 3.22. The van der Waals surface area contributed by atoms with E-state index in [9.17, 15) is 0 Å². The number of benzene rings is 1. The molecule has 0 saturated carbocycles. The summed E-state index contributed by atoms with van der Waals surface area (Å²) in [5.74, 6) is 4.41. The maximum Gasteiger partial charge on any atom is 0.221 e. The van der Waals surface area contributed by atoms with Gasteiger partial charge in [0.15, 0.2) is 0 Å². The van der Waals surface area contributed by atoms with E-state index in [1.165, 1.54) is 5.56 Å². The lowest BCUT2D eigenvalue weighted by Gasteiger charge is -1.82. The third-order valence-electron chi connectivity index (χ3n) is 1.01. The first-order valence-corrected chi connectivity index (χ1v) is 3.22. The standard InChI is InChI=1S/C7H8.CH4N2O/c1-7-5-3-2-4-6-7;2-3-1-4/h2-6H,1H3;1H,2H2,(H,3,4). The largest absolute Gasteiger partial charge is 0.297 e. The fourth-order valence-electron chi connectivity index (χ4n) is 0.534. The van der Waals surface area contributed by atoms with E-state index >= 15 is 0 Å². The minimum Gasteiger partial charge on any atom is -0.297 e. The summed E-state index contributed by atoms with van der Waals surface area (Å²) in [5.41, 5.74) is 3.07. The zero-order valence-electron chi connectivity index (χ0n) is 6.45. The second-order valence-corrected chi connectivity index (χ2v) is 1.94. The topological polar surface area (TPSA) is 55.1 Å². The lowest BCUT2D eigenvalue weighted by atomic mass is 10.2. The zero-order chi connectivity index (χ0) is 8.53. The van der Waals surface area contributed by atoms with Crippen molar-refractivity contribution in [3.05, 3.63) is 35.9 Å². The number of carbonyl (C=O) groups excluding carboxylic acids is 1.